The first-order valence-electron chi connectivity index (χ1n) is 9.37. The molecule has 6 rings (SSSR count). The summed E-state index contributed by atoms with van der Waals surface area (Å²) in [5.41, 5.74) is 2.04. The van der Waals surface area contributed by atoms with Crippen LogP contribution >= 0.6 is 45.7 Å². The largest absolute Gasteiger partial charge is 0.182 e. The van der Waals surface area contributed by atoms with Crippen LogP contribution in [-0.4, -0.2) is 16.0 Å². The Morgan fingerprint density at radius 2 is 1.54 bits per heavy atom. The molecule has 138 valence electrons. The molecule has 0 unspecified atom stereocenters. The van der Waals surface area contributed by atoms with E-state index in [2.05, 4.69) is 88.7 Å². The van der Waals surface area contributed by atoms with Crippen molar-refractivity contribution in [2.24, 2.45) is 5.92 Å². The smallest absolute Gasteiger partial charge is 0.0408 e. The SMILES string of the molecule is Cc1cn(C2CC2)[c](=[Pt])n1C1CC1.IN(I)C12CCC(CC1)CC2. The van der Waals surface area contributed by atoms with Crippen LogP contribution in [0.25, 0.3) is 0 Å². The number of imidazole rings is 1. The van der Waals surface area contributed by atoms with Gasteiger partial charge in [0.15, 0.2) is 0 Å². The second-order valence-corrected chi connectivity index (χ2v) is 13.0. The van der Waals surface area contributed by atoms with Gasteiger partial charge in [0, 0.05) is 51.3 Å². The van der Waals surface area contributed by atoms with Crippen LogP contribution in [0, 0.1) is 16.6 Å². The molecule has 1 heterocycles. The number of rotatable bonds is 3. The number of hydrogen-bond acceptors (Lipinski definition) is 1. The molecule has 0 radical (unpaired) electrons. The van der Waals surface area contributed by atoms with Gasteiger partial charge in [0.1, 0.15) is 0 Å². The topological polar surface area (TPSA) is 13.1 Å². The van der Waals surface area contributed by atoms with E-state index >= 15 is 0 Å². The molecular formula is C18H27I2N3Pt. The summed E-state index contributed by atoms with van der Waals surface area (Å²) in [6.07, 6.45) is 16.7. The number of nitrogens with zero attached hydrogens (tertiary/aromatic N) is 3. The Morgan fingerprint density at radius 3 is 1.96 bits per heavy atom. The fourth-order valence-electron chi connectivity index (χ4n) is 4.41. The minimum atomic E-state index is 0.593. The minimum Gasteiger partial charge on any atom is -0.182 e. The van der Waals surface area contributed by atoms with E-state index in [9.17, 15) is 0 Å². The van der Waals surface area contributed by atoms with Gasteiger partial charge in [0.2, 0.25) is 0 Å². The summed E-state index contributed by atoms with van der Waals surface area (Å²) in [6.45, 7) is 2.24. The Bertz CT molecular complexity index is 636. The van der Waals surface area contributed by atoms with Gasteiger partial charge in [-0.15, -0.1) is 0 Å². The van der Waals surface area contributed by atoms with E-state index in [0.717, 1.165) is 18.0 Å². The van der Waals surface area contributed by atoms with E-state index in [1.54, 1.807) is 0 Å². The van der Waals surface area contributed by atoms with Gasteiger partial charge in [-0.25, -0.2) is 0 Å². The molecule has 3 nitrogen and oxygen atoms in total. The summed E-state index contributed by atoms with van der Waals surface area (Å²) in [5.74, 6) is 1.09. The van der Waals surface area contributed by atoms with Crippen LogP contribution in [0.3, 0.4) is 0 Å². The molecule has 1 aromatic rings. The zero-order chi connectivity index (χ0) is 16.9. The quantitative estimate of drug-likeness (QED) is 0.272. The second kappa shape index (κ2) is 7.38. The predicted molar refractivity (Wildman–Crippen MR) is 111 cm³/mol. The number of halogens is 2. The van der Waals surface area contributed by atoms with Crippen LogP contribution in [0.15, 0.2) is 6.20 Å². The maximum atomic E-state index is 2.51. The molecule has 0 atom stereocenters. The molecular weight excluding hydrogens is 707 g/mol. The molecule has 0 amide bonds. The predicted octanol–water partition coefficient (Wildman–Crippen LogP) is 6.06. The van der Waals surface area contributed by atoms with Gasteiger partial charge in [-0.2, -0.15) is 1.33 Å². The van der Waals surface area contributed by atoms with Gasteiger partial charge >= 0.3 is 88.9 Å². The van der Waals surface area contributed by atoms with Gasteiger partial charge in [0.25, 0.3) is 0 Å². The standard InChI is InChI=1S/C10H14N2.C8H13I2N.Pt/c1-8-6-11(9-2-3-9)7-12(8)10-4-5-10;9-11(10)8-4-1-7(2-5-8)3-6-8;/h6,9-10H,2-5H2,1H3;7H,1-6H2;. The van der Waals surface area contributed by atoms with Crippen molar-refractivity contribution in [3.8, 4) is 0 Å². The number of aromatic nitrogens is 2. The molecule has 5 fully saturated rings. The molecule has 0 saturated heterocycles. The van der Waals surface area contributed by atoms with Crippen molar-refractivity contribution in [3.05, 3.63) is 15.7 Å². The fraction of sp³-hybridized carbons (Fsp3) is 0.833. The van der Waals surface area contributed by atoms with E-state index in [0.29, 0.717) is 5.54 Å². The van der Waals surface area contributed by atoms with Crippen molar-refractivity contribution in [1.82, 2.24) is 10.5 Å². The van der Waals surface area contributed by atoms with Crippen LogP contribution in [0.2, 0.25) is 0 Å². The third kappa shape index (κ3) is 3.80. The normalized spacial score (nSPS) is 32.0. The van der Waals surface area contributed by atoms with Crippen LogP contribution in [0.1, 0.15) is 82.0 Å². The first-order chi connectivity index (χ1) is 11.5. The van der Waals surface area contributed by atoms with Gasteiger partial charge in [-0.1, -0.05) is 0 Å². The van der Waals surface area contributed by atoms with E-state index in [1.807, 2.05) is 0 Å². The number of hydrogen-bond donors (Lipinski definition) is 0. The van der Waals surface area contributed by atoms with Crippen LogP contribution in [0.5, 0.6) is 0 Å². The zero-order valence-electron chi connectivity index (χ0n) is 14.3. The van der Waals surface area contributed by atoms with Crippen LogP contribution in [0.4, 0.5) is 0 Å². The first-order valence-corrected chi connectivity index (χ1v) is 12.4. The monoisotopic (exact) mass is 734 g/mol. The summed E-state index contributed by atoms with van der Waals surface area (Å²) in [6, 6.07) is 1.65. The third-order valence-corrected chi connectivity index (χ3v) is 9.53. The molecule has 0 N–H and O–H groups in total. The average molecular weight is 734 g/mol. The number of aryl methyl sites for hydroxylation is 1. The third-order valence-electron chi connectivity index (χ3n) is 6.35. The van der Waals surface area contributed by atoms with Gasteiger partial charge < -0.3 is 0 Å². The van der Waals surface area contributed by atoms with E-state index in [1.165, 1.54) is 73.7 Å². The van der Waals surface area contributed by atoms with Crippen molar-refractivity contribution in [2.75, 3.05) is 0 Å². The zero-order valence-corrected chi connectivity index (χ0v) is 20.9. The van der Waals surface area contributed by atoms with Crippen LogP contribution in [-0.2, 0) is 19.4 Å². The maximum Gasteiger partial charge on any atom is 0.0408 e. The summed E-state index contributed by atoms with van der Waals surface area (Å²) in [5, 5.41) is 0. The van der Waals surface area contributed by atoms with E-state index in [-0.39, 0.29) is 0 Å². The molecule has 0 aliphatic heterocycles. The van der Waals surface area contributed by atoms with Gasteiger partial charge in [-0.3, -0.25) is 0 Å². The van der Waals surface area contributed by atoms with Crippen molar-refractivity contribution in [2.45, 2.75) is 88.8 Å². The molecule has 5 saturated carbocycles. The maximum absolute atomic E-state index is 2.51. The van der Waals surface area contributed by atoms with Crippen molar-refractivity contribution in [1.29, 1.82) is 0 Å². The second-order valence-electron chi connectivity index (χ2n) is 8.19. The van der Waals surface area contributed by atoms with Gasteiger partial charge in [0.05, 0.1) is 0 Å². The van der Waals surface area contributed by atoms with Crippen molar-refractivity contribution >= 4 is 45.7 Å². The van der Waals surface area contributed by atoms with E-state index < -0.39 is 0 Å². The molecule has 0 spiro atoms. The minimum absolute atomic E-state index is 0.593. The molecule has 5 aliphatic carbocycles. The molecule has 24 heavy (non-hydrogen) atoms. The fourth-order valence-corrected chi connectivity index (χ4v) is 7.23. The van der Waals surface area contributed by atoms with Gasteiger partial charge in [-0.05, 0) is 44.4 Å². The van der Waals surface area contributed by atoms with E-state index in [4.69, 9.17) is 0 Å². The van der Waals surface area contributed by atoms with Crippen LogP contribution < -0.4 is 0 Å². The molecule has 6 heteroatoms. The Morgan fingerprint density at radius 1 is 1.00 bits per heavy atom. The summed E-state index contributed by atoms with van der Waals surface area (Å²) < 4.78 is 8.84. The Balaban J connectivity index is 0.000000123. The Labute approximate surface area is 184 Å². The summed E-state index contributed by atoms with van der Waals surface area (Å²) in [4.78, 5) is 0. The Kier molecular flexibility index (Phi) is 5.74. The summed E-state index contributed by atoms with van der Waals surface area (Å²) in [7, 11) is 0. The Hall–Kier alpha value is 1.32. The molecule has 5 aliphatic rings. The molecule has 1 aromatic heterocycles. The molecule has 0 aromatic carbocycles. The number of fused-ring (bicyclic) bond motifs is 3. The summed E-state index contributed by atoms with van der Waals surface area (Å²) >= 11 is 7.40. The molecule has 2 bridgehead atoms. The van der Waals surface area contributed by atoms with Crippen molar-refractivity contribution < 1.29 is 19.4 Å². The first kappa shape index (κ1) is 18.7. The van der Waals surface area contributed by atoms with Crippen molar-refractivity contribution in [3.63, 3.8) is 0 Å². The average Bonchev–Trinajstić information content (AvgIpc) is 3.50.